The van der Waals surface area contributed by atoms with Gasteiger partial charge in [0.25, 0.3) is 0 Å². The van der Waals surface area contributed by atoms with Gasteiger partial charge in [0, 0.05) is 12.1 Å². The minimum absolute atomic E-state index is 0.154. The largest absolute Gasteiger partial charge is 0.352 e. The number of hydrogen-bond donors (Lipinski definition) is 2. The average molecular weight is 297 g/mol. The van der Waals surface area contributed by atoms with E-state index in [0.717, 1.165) is 19.4 Å². The van der Waals surface area contributed by atoms with Crippen LogP contribution in [-0.2, 0) is 4.79 Å². The highest BCUT2D eigenvalue weighted by atomic mass is 16.2. The Balaban J connectivity index is 2.29. The van der Waals surface area contributed by atoms with Gasteiger partial charge in [-0.15, -0.1) is 0 Å². The molecule has 0 spiro atoms. The van der Waals surface area contributed by atoms with E-state index < -0.39 is 0 Å². The van der Waals surface area contributed by atoms with Crippen LogP contribution >= 0.6 is 0 Å². The van der Waals surface area contributed by atoms with Crippen LogP contribution in [0, 0.1) is 17.8 Å². The highest BCUT2D eigenvalue weighted by molar-refractivity contribution is 5.78. The molecule has 0 radical (unpaired) electrons. The molecule has 21 heavy (non-hydrogen) atoms. The Labute approximate surface area is 130 Å². The fourth-order valence-electron chi connectivity index (χ4n) is 3.07. The molecule has 1 fully saturated rings. The van der Waals surface area contributed by atoms with Crippen LogP contribution in [0.1, 0.15) is 53.4 Å². The van der Waals surface area contributed by atoms with Crippen molar-refractivity contribution in [1.29, 1.82) is 0 Å². The van der Waals surface area contributed by atoms with E-state index in [1.807, 2.05) is 7.05 Å². The third kappa shape index (κ3) is 6.35. The number of carbonyl (C=O) groups excluding carboxylic acids is 1. The van der Waals surface area contributed by atoms with E-state index in [2.05, 4.69) is 37.9 Å². The Hall–Kier alpha value is -0.610. The number of carbonyl (C=O) groups is 1. The van der Waals surface area contributed by atoms with E-state index in [1.54, 1.807) is 0 Å². The Bertz CT molecular complexity index is 319. The van der Waals surface area contributed by atoms with Gasteiger partial charge < -0.3 is 11.1 Å². The van der Waals surface area contributed by atoms with Crippen LogP contribution in [-0.4, -0.2) is 43.0 Å². The van der Waals surface area contributed by atoms with Gasteiger partial charge in [-0.1, -0.05) is 40.5 Å². The van der Waals surface area contributed by atoms with Gasteiger partial charge in [0.2, 0.25) is 5.91 Å². The summed E-state index contributed by atoms with van der Waals surface area (Å²) < 4.78 is 0. The maximum Gasteiger partial charge on any atom is 0.234 e. The Morgan fingerprint density at radius 1 is 1.33 bits per heavy atom. The summed E-state index contributed by atoms with van der Waals surface area (Å²) >= 11 is 0. The van der Waals surface area contributed by atoms with E-state index in [9.17, 15) is 4.79 Å². The molecule has 0 aliphatic heterocycles. The van der Waals surface area contributed by atoms with E-state index in [-0.39, 0.29) is 11.9 Å². The summed E-state index contributed by atoms with van der Waals surface area (Å²) in [7, 11) is 2.00. The molecule has 0 bridgehead atoms. The first-order chi connectivity index (χ1) is 9.81. The molecule has 0 aromatic heterocycles. The van der Waals surface area contributed by atoms with Gasteiger partial charge in [-0.2, -0.15) is 0 Å². The van der Waals surface area contributed by atoms with Gasteiger partial charge in [-0.05, 0) is 44.2 Å². The van der Waals surface area contributed by atoms with Crippen molar-refractivity contribution in [2.75, 3.05) is 20.1 Å². The standard InChI is InChI=1S/C17H35N3O/c1-12(2)15(18)9-10-20(5)11-17(21)19-16-8-6-7-13(3)14(16)4/h12-16H,6-11,18H2,1-5H3,(H,19,21). The lowest BCUT2D eigenvalue weighted by Crippen LogP contribution is -2.47. The molecule has 0 aromatic carbocycles. The first-order valence-corrected chi connectivity index (χ1v) is 8.54. The Morgan fingerprint density at radius 2 is 2.00 bits per heavy atom. The normalized spacial score (nSPS) is 27.9. The fraction of sp³-hybridized carbons (Fsp3) is 0.941. The van der Waals surface area contributed by atoms with Crippen LogP contribution in [0.15, 0.2) is 0 Å². The number of amides is 1. The van der Waals surface area contributed by atoms with Crippen LogP contribution in [0.5, 0.6) is 0 Å². The van der Waals surface area contributed by atoms with Crippen LogP contribution in [0.4, 0.5) is 0 Å². The molecule has 0 saturated heterocycles. The van der Waals surface area contributed by atoms with E-state index >= 15 is 0 Å². The molecule has 0 heterocycles. The molecule has 4 nitrogen and oxygen atoms in total. The number of likely N-dealkylation sites (N-methyl/N-ethyl adjacent to an activating group) is 1. The summed E-state index contributed by atoms with van der Waals surface area (Å²) in [6, 6.07) is 0.572. The predicted octanol–water partition coefficient (Wildman–Crippen LogP) is 2.23. The van der Waals surface area contributed by atoms with Gasteiger partial charge in [0.1, 0.15) is 0 Å². The summed E-state index contributed by atoms with van der Waals surface area (Å²) in [5, 5.41) is 3.23. The molecule has 1 saturated carbocycles. The van der Waals surface area contributed by atoms with Crippen molar-refractivity contribution in [2.24, 2.45) is 23.5 Å². The maximum absolute atomic E-state index is 12.2. The Morgan fingerprint density at radius 3 is 2.62 bits per heavy atom. The number of hydrogen-bond acceptors (Lipinski definition) is 3. The summed E-state index contributed by atoms with van der Waals surface area (Å²) in [5.74, 6) is 1.95. The molecule has 1 aliphatic rings. The van der Waals surface area contributed by atoms with Crippen LogP contribution in [0.3, 0.4) is 0 Å². The number of nitrogens with zero attached hydrogens (tertiary/aromatic N) is 1. The second-order valence-electron chi connectivity index (χ2n) is 7.38. The SMILES string of the molecule is CC(C)C(N)CCN(C)CC(=O)NC1CCCC(C)C1C. The lowest BCUT2D eigenvalue weighted by atomic mass is 9.78. The zero-order valence-corrected chi connectivity index (χ0v) is 14.6. The number of nitrogens with two attached hydrogens (primary N) is 1. The minimum atomic E-state index is 0.154. The quantitative estimate of drug-likeness (QED) is 0.757. The lowest BCUT2D eigenvalue weighted by molar-refractivity contribution is -0.123. The van der Waals surface area contributed by atoms with Gasteiger partial charge in [-0.3, -0.25) is 9.69 Å². The zero-order valence-electron chi connectivity index (χ0n) is 14.6. The highest BCUT2D eigenvalue weighted by Gasteiger charge is 2.28. The predicted molar refractivity (Wildman–Crippen MR) is 89.0 cm³/mol. The minimum Gasteiger partial charge on any atom is -0.352 e. The first-order valence-electron chi connectivity index (χ1n) is 8.54. The van der Waals surface area contributed by atoms with Gasteiger partial charge in [0.15, 0.2) is 0 Å². The van der Waals surface area contributed by atoms with Crippen molar-refractivity contribution in [1.82, 2.24) is 10.2 Å². The Kier molecular flexibility index (Phi) is 7.67. The van der Waals surface area contributed by atoms with E-state index in [4.69, 9.17) is 5.73 Å². The summed E-state index contributed by atoms with van der Waals surface area (Å²) in [6.07, 6.45) is 4.59. The molecule has 4 heteroatoms. The van der Waals surface area contributed by atoms with Crippen LogP contribution < -0.4 is 11.1 Å². The molecule has 3 N–H and O–H groups in total. The molecule has 1 amide bonds. The summed E-state index contributed by atoms with van der Waals surface area (Å²) in [4.78, 5) is 14.2. The average Bonchev–Trinajstić information content (AvgIpc) is 2.41. The molecule has 124 valence electrons. The summed E-state index contributed by atoms with van der Waals surface area (Å²) in [5.41, 5.74) is 6.05. The molecule has 1 rings (SSSR count). The molecular formula is C17H35N3O. The van der Waals surface area contributed by atoms with E-state index in [0.29, 0.717) is 30.3 Å². The first kappa shape index (κ1) is 18.4. The smallest absolute Gasteiger partial charge is 0.234 e. The third-order valence-corrected chi connectivity index (χ3v) is 5.17. The number of nitrogens with one attached hydrogen (secondary N) is 1. The highest BCUT2D eigenvalue weighted by Crippen LogP contribution is 2.29. The zero-order chi connectivity index (χ0) is 16.0. The monoisotopic (exact) mass is 297 g/mol. The van der Waals surface area contributed by atoms with E-state index in [1.165, 1.54) is 12.8 Å². The van der Waals surface area contributed by atoms with Gasteiger partial charge in [-0.25, -0.2) is 0 Å². The van der Waals surface area contributed by atoms with Gasteiger partial charge in [0.05, 0.1) is 6.54 Å². The lowest BCUT2D eigenvalue weighted by Gasteiger charge is -2.35. The molecule has 1 aliphatic carbocycles. The van der Waals surface area contributed by atoms with Gasteiger partial charge >= 0.3 is 0 Å². The third-order valence-electron chi connectivity index (χ3n) is 5.17. The second kappa shape index (κ2) is 8.74. The van der Waals surface area contributed by atoms with Crippen molar-refractivity contribution >= 4 is 5.91 Å². The molecule has 4 unspecified atom stereocenters. The van der Waals surface area contributed by atoms with Crippen LogP contribution in [0.25, 0.3) is 0 Å². The van der Waals surface area contributed by atoms with Crippen molar-refractivity contribution in [3.8, 4) is 0 Å². The van der Waals surface area contributed by atoms with Crippen molar-refractivity contribution in [2.45, 2.75) is 65.5 Å². The molecule has 0 aromatic rings. The topological polar surface area (TPSA) is 58.4 Å². The summed E-state index contributed by atoms with van der Waals surface area (Å²) in [6.45, 7) is 10.2. The van der Waals surface area contributed by atoms with Crippen molar-refractivity contribution in [3.05, 3.63) is 0 Å². The fourth-order valence-corrected chi connectivity index (χ4v) is 3.07. The maximum atomic E-state index is 12.2. The second-order valence-corrected chi connectivity index (χ2v) is 7.38. The number of rotatable bonds is 7. The van der Waals surface area contributed by atoms with Crippen LogP contribution in [0.2, 0.25) is 0 Å². The van der Waals surface area contributed by atoms with Crippen molar-refractivity contribution in [3.63, 3.8) is 0 Å². The van der Waals surface area contributed by atoms with Crippen molar-refractivity contribution < 1.29 is 4.79 Å². The molecule has 4 atom stereocenters. The molecular weight excluding hydrogens is 262 g/mol.